The van der Waals surface area contributed by atoms with Crippen LogP contribution < -0.4 is 0 Å². The highest BCUT2D eigenvalue weighted by Gasteiger charge is 2.29. The molecular weight excluding hydrogens is 359 g/mol. The lowest BCUT2D eigenvalue weighted by Crippen LogP contribution is -2.40. The highest BCUT2D eigenvalue weighted by atomic mass is 19.1. The number of aromatic amines is 1. The van der Waals surface area contributed by atoms with Gasteiger partial charge in [-0.15, -0.1) is 0 Å². The first-order valence-electron chi connectivity index (χ1n) is 9.81. The highest BCUT2D eigenvalue weighted by molar-refractivity contribution is 5.90. The monoisotopic (exact) mass is 384 g/mol. The van der Waals surface area contributed by atoms with E-state index in [1.165, 1.54) is 6.07 Å². The molecule has 7 heteroatoms. The molecule has 1 N–H and O–H groups in total. The number of rotatable bonds is 4. The Balaban J connectivity index is 1.50. The summed E-state index contributed by atoms with van der Waals surface area (Å²) in [7, 11) is 0. The molecule has 2 aromatic heterocycles. The van der Waals surface area contributed by atoms with Crippen molar-refractivity contribution in [1.82, 2.24) is 20.0 Å². The Kier molecular flexibility index (Phi) is 4.91. The second kappa shape index (κ2) is 7.37. The fourth-order valence-electron chi connectivity index (χ4n) is 3.91. The van der Waals surface area contributed by atoms with Gasteiger partial charge in [0.25, 0.3) is 0 Å². The molecule has 28 heavy (non-hydrogen) atoms. The molecule has 1 atom stereocenters. The summed E-state index contributed by atoms with van der Waals surface area (Å²) in [6, 6.07) is 4.96. The SMILES string of the molecule is Cc1[nH]c2c(F)cccc2c1CC(=O)N1CCCC(c2nc(C(C)C)no2)C1. The van der Waals surface area contributed by atoms with Crippen LogP contribution in [0.3, 0.4) is 0 Å². The molecule has 1 aliphatic rings. The lowest BCUT2D eigenvalue weighted by atomic mass is 9.97. The Labute approximate surface area is 163 Å². The molecule has 1 amide bonds. The van der Waals surface area contributed by atoms with E-state index in [4.69, 9.17) is 4.52 Å². The van der Waals surface area contributed by atoms with Gasteiger partial charge in [-0.1, -0.05) is 31.1 Å². The van der Waals surface area contributed by atoms with Crippen LogP contribution in [0.25, 0.3) is 10.9 Å². The molecule has 3 heterocycles. The van der Waals surface area contributed by atoms with Crippen LogP contribution in [-0.4, -0.2) is 39.0 Å². The minimum Gasteiger partial charge on any atom is -0.356 e. The Morgan fingerprint density at radius 3 is 3.00 bits per heavy atom. The molecule has 1 unspecified atom stereocenters. The number of para-hydroxylation sites is 1. The number of amides is 1. The van der Waals surface area contributed by atoms with Gasteiger partial charge in [0.05, 0.1) is 17.9 Å². The summed E-state index contributed by atoms with van der Waals surface area (Å²) in [6.07, 6.45) is 2.08. The van der Waals surface area contributed by atoms with Gasteiger partial charge < -0.3 is 14.4 Å². The molecule has 4 rings (SSSR count). The molecule has 0 saturated carbocycles. The second-order valence-corrected chi connectivity index (χ2v) is 7.89. The zero-order chi connectivity index (χ0) is 19.8. The number of nitrogens with zero attached hydrogens (tertiary/aromatic N) is 3. The number of likely N-dealkylation sites (tertiary alicyclic amines) is 1. The van der Waals surface area contributed by atoms with Crippen molar-refractivity contribution in [3.05, 3.63) is 47.0 Å². The number of aromatic nitrogens is 3. The van der Waals surface area contributed by atoms with Crippen molar-refractivity contribution in [2.45, 2.75) is 51.9 Å². The fourth-order valence-corrected chi connectivity index (χ4v) is 3.91. The molecule has 1 aliphatic heterocycles. The standard InChI is InChI=1S/C21H25FN4O2/c1-12(2)20-24-21(28-25-20)14-6-5-9-26(11-14)18(27)10-16-13(3)23-19-15(16)7-4-8-17(19)22/h4,7-8,12,14,23H,5-6,9-11H2,1-3H3. The van der Waals surface area contributed by atoms with Crippen LogP contribution in [0.1, 0.15) is 61.5 Å². The van der Waals surface area contributed by atoms with E-state index in [9.17, 15) is 9.18 Å². The first-order valence-corrected chi connectivity index (χ1v) is 9.81. The van der Waals surface area contributed by atoms with Gasteiger partial charge in [0, 0.05) is 30.1 Å². The smallest absolute Gasteiger partial charge is 0.231 e. The van der Waals surface area contributed by atoms with Crippen molar-refractivity contribution < 1.29 is 13.7 Å². The number of aryl methyl sites for hydroxylation is 1. The first kappa shape index (κ1) is 18.7. The zero-order valence-corrected chi connectivity index (χ0v) is 16.5. The maximum absolute atomic E-state index is 14.0. The maximum atomic E-state index is 14.0. The number of benzene rings is 1. The van der Waals surface area contributed by atoms with Gasteiger partial charge in [0.15, 0.2) is 5.82 Å². The largest absolute Gasteiger partial charge is 0.356 e. The van der Waals surface area contributed by atoms with Crippen LogP contribution in [0, 0.1) is 12.7 Å². The molecule has 148 valence electrons. The normalized spacial score (nSPS) is 17.6. The minimum absolute atomic E-state index is 0.0431. The average Bonchev–Trinajstić information content (AvgIpc) is 3.29. The van der Waals surface area contributed by atoms with Gasteiger partial charge in [-0.2, -0.15) is 4.98 Å². The van der Waals surface area contributed by atoms with Crippen LogP contribution in [0.2, 0.25) is 0 Å². The maximum Gasteiger partial charge on any atom is 0.231 e. The number of piperidine rings is 1. The predicted molar refractivity (Wildman–Crippen MR) is 104 cm³/mol. The van der Waals surface area contributed by atoms with Crippen LogP contribution in [0.5, 0.6) is 0 Å². The Hall–Kier alpha value is -2.70. The fraction of sp³-hybridized carbons (Fsp3) is 0.476. The quantitative estimate of drug-likeness (QED) is 0.736. The molecule has 0 bridgehead atoms. The number of fused-ring (bicyclic) bond motifs is 1. The van der Waals surface area contributed by atoms with Crippen molar-refractivity contribution in [2.75, 3.05) is 13.1 Å². The summed E-state index contributed by atoms with van der Waals surface area (Å²) >= 11 is 0. The van der Waals surface area contributed by atoms with Crippen molar-refractivity contribution in [2.24, 2.45) is 0 Å². The van der Waals surface area contributed by atoms with Crippen molar-refractivity contribution >= 4 is 16.8 Å². The summed E-state index contributed by atoms with van der Waals surface area (Å²) in [5.74, 6) is 1.35. The summed E-state index contributed by atoms with van der Waals surface area (Å²) in [5, 5.41) is 4.82. The molecule has 0 radical (unpaired) electrons. The molecular formula is C21H25FN4O2. The first-order chi connectivity index (χ1) is 13.4. The summed E-state index contributed by atoms with van der Waals surface area (Å²) < 4.78 is 19.5. The summed E-state index contributed by atoms with van der Waals surface area (Å²) in [6.45, 7) is 7.23. The van der Waals surface area contributed by atoms with Crippen molar-refractivity contribution in [3.63, 3.8) is 0 Å². The topological polar surface area (TPSA) is 75.0 Å². The third-order valence-corrected chi connectivity index (χ3v) is 5.53. The molecule has 0 aliphatic carbocycles. The van der Waals surface area contributed by atoms with Gasteiger partial charge in [0.1, 0.15) is 5.82 Å². The Morgan fingerprint density at radius 2 is 2.25 bits per heavy atom. The molecule has 1 fully saturated rings. The van der Waals surface area contributed by atoms with E-state index < -0.39 is 0 Å². The van der Waals surface area contributed by atoms with E-state index in [0.29, 0.717) is 23.8 Å². The van der Waals surface area contributed by atoms with E-state index in [2.05, 4.69) is 15.1 Å². The van der Waals surface area contributed by atoms with Gasteiger partial charge in [-0.3, -0.25) is 4.79 Å². The minimum atomic E-state index is -0.297. The number of hydrogen-bond acceptors (Lipinski definition) is 4. The number of carbonyl (C=O) groups is 1. The molecule has 3 aromatic rings. The predicted octanol–water partition coefficient (Wildman–Crippen LogP) is 4.07. The van der Waals surface area contributed by atoms with Crippen LogP contribution in [-0.2, 0) is 11.2 Å². The zero-order valence-electron chi connectivity index (χ0n) is 16.5. The van der Waals surface area contributed by atoms with E-state index in [1.54, 1.807) is 6.07 Å². The molecule has 1 aromatic carbocycles. The number of nitrogens with one attached hydrogen (secondary N) is 1. The van der Waals surface area contributed by atoms with Crippen LogP contribution in [0.15, 0.2) is 22.7 Å². The van der Waals surface area contributed by atoms with Crippen LogP contribution in [0.4, 0.5) is 4.39 Å². The Bertz CT molecular complexity index is 1010. The van der Waals surface area contributed by atoms with Gasteiger partial charge in [-0.05, 0) is 31.4 Å². The van der Waals surface area contributed by atoms with Gasteiger partial charge in [0.2, 0.25) is 11.8 Å². The Morgan fingerprint density at radius 1 is 1.43 bits per heavy atom. The lowest BCUT2D eigenvalue weighted by molar-refractivity contribution is -0.131. The number of halogens is 1. The van der Waals surface area contributed by atoms with E-state index >= 15 is 0 Å². The summed E-state index contributed by atoms with van der Waals surface area (Å²) in [5.41, 5.74) is 2.16. The number of hydrogen-bond donors (Lipinski definition) is 1. The number of carbonyl (C=O) groups excluding carboxylic acids is 1. The second-order valence-electron chi connectivity index (χ2n) is 7.89. The van der Waals surface area contributed by atoms with Gasteiger partial charge >= 0.3 is 0 Å². The number of H-pyrrole nitrogens is 1. The van der Waals surface area contributed by atoms with E-state index in [1.807, 2.05) is 31.7 Å². The van der Waals surface area contributed by atoms with Gasteiger partial charge in [-0.25, -0.2) is 4.39 Å². The van der Waals surface area contributed by atoms with E-state index in [-0.39, 0.29) is 30.0 Å². The average molecular weight is 384 g/mol. The highest BCUT2D eigenvalue weighted by Crippen LogP contribution is 2.29. The lowest BCUT2D eigenvalue weighted by Gasteiger charge is -2.31. The molecule has 0 spiro atoms. The van der Waals surface area contributed by atoms with E-state index in [0.717, 1.165) is 36.0 Å². The molecule has 1 saturated heterocycles. The molecule has 6 nitrogen and oxygen atoms in total. The third kappa shape index (κ3) is 3.41. The van der Waals surface area contributed by atoms with Crippen LogP contribution >= 0.6 is 0 Å². The third-order valence-electron chi connectivity index (χ3n) is 5.53. The van der Waals surface area contributed by atoms with Crippen molar-refractivity contribution in [3.8, 4) is 0 Å². The summed E-state index contributed by atoms with van der Waals surface area (Å²) in [4.78, 5) is 22.4. The van der Waals surface area contributed by atoms with Crippen molar-refractivity contribution in [1.29, 1.82) is 0 Å².